The summed E-state index contributed by atoms with van der Waals surface area (Å²) in [5.41, 5.74) is 2.34. The lowest BCUT2D eigenvalue weighted by atomic mass is 10.1. The van der Waals surface area contributed by atoms with E-state index in [1.807, 2.05) is 37.5 Å². The van der Waals surface area contributed by atoms with Gasteiger partial charge in [-0.3, -0.25) is 4.79 Å². The van der Waals surface area contributed by atoms with Crippen LogP contribution in [0.5, 0.6) is 0 Å². The maximum Gasteiger partial charge on any atom is 0.287 e. The van der Waals surface area contributed by atoms with Crippen molar-refractivity contribution >= 4 is 34.4 Å². The highest BCUT2D eigenvalue weighted by Gasteiger charge is 2.18. The van der Waals surface area contributed by atoms with E-state index in [-0.39, 0.29) is 5.91 Å². The van der Waals surface area contributed by atoms with Crippen molar-refractivity contribution in [3.8, 4) is 0 Å². The summed E-state index contributed by atoms with van der Waals surface area (Å²) in [6.07, 6.45) is 1.75. The van der Waals surface area contributed by atoms with Crippen molar-refractivity contribution in [2.45, 2.75) is 13.5 Å². The number of amides is 1. The number of aromatic nitrogens is 2. The highest BCUT2D eigenvalue weighted by molar-refractivity contribution is 6.31. The van der Waals surface area contributed by atoms with Gasteiger partial charge in [0.05, 0.1) is 18.4 Å². The van der Waals surface area contributed by atoms with Gasteiger partial charge in [-0.1, -0.05) is 11.6 Å². The Labute approximate surface area is 145 Å². The van der Waals surface area contributed by atoms with Crippen LogP contribution < -0.4 is 10.2 Å². The van der Waals surface area contributed by atoms with Crippen molar-refractivity contribution in [3.63, 3.8) is 0 Å². The Hall–Kier alpha value is -2.47. The monoisotopic (exact) mass is 346 g/mol. The molecule has 3 rings (SSSR count). The van der Waals surface area contributed by atoms with Gasteiger partial charge in [-0.15, -0.1) is 0 Å². The molecule has 3 aromatic rings. The number of rotatable bonds is 4. The number of anilines is 1. The topological polar surface area (TPSA) is 63.3 Å². The minimum absolute atomic E-state index is 0.257. The van der Waals surface area contributed by atoms with Gasteiger partial charge in [0.2, 0.25) is 5.95 Å². The Kier molecular flexibility index (Phi) is 4.24. The largest absolute Gasteiger partial charge is 0.451 e. The van der Waals surface area contributed by atoms with Gasteiger partial charge in [-0.25, -0.2) is 4.98 Å². The number of furan rings is 1. The number of benzene rings is 1. The van der Waals surface area contributed by atoms with Crippen molar-refractivity contribution in [1.29, 1.82) is 0 Å². The van der Waals surface area contributed by atoms with Crippen LogP contribution in [0.2, 0.25) is 5.02 Å². The normalized spacial score (nSPS) is 11.0. The average Bonchev–Trinajstić information content (AvgIpc) is 3.06. The first kappa shape index (κ1) is 16.4. The maximum atomic E-state index is 12.5. The third-order valence-electron chi connectivity index (χ3n) is 3.99. The molecule has 1 amide bonds. The minimum Gasteiger partial charge on any atom is -0.451 e. The molecule has 0 spiro atoms. The molecule has 0 atom stereocenters. The predicted molar refractivity (Wildman–Crippen MR) is 94.7 cm³/mol. The molecule has 0 aliphatic heterocycles. The first-order chi connectivity index (χ1) is 11.4. The van der Waals surface area contributed by atoms with E-state index >= 15 is 0 Å². The number of halogens is 1. The maximum absolute atomic E-state index is 12.5. The van der Waals surface area contributed by atoms with Crippen LogP contribution in [0, 0.1) is 6.92 Å². The summed E-state index contributed by atoms with van der Waals surface area (Å²) in [6, 6.07) is 5.32. The van der Waals surface area contributed by atoms with E-state index in [9.17, 15) is 4.79 Å². The van der Waals surface area contributed by atoms with E-state index in [1.54, 1.807) is 24.4 Å². The van der Waals surface area contributed by atoms with Gasteiger partial charge in [0.15, 0.2) is 5.76 Å². The van der Waals surface area contributed by atoms with E-state index in [4.69, 9.17) is 16.0 Å². The fourth-order valence-electron chi connectivity index (χ4n) is 2.67. The molecule has 0 aliphatic carbocycles. The molecule has 0 bridgehead atoms. The third-order valence-corrected chi connectivity index (χ3v) is 4.23. The van der Waals surface area contributed by atoms with Crippen molar-refractivity contribution in [3.05, 3.63) is 46.4 Å². The van der Waals surface area contributed by atoms with E-state index < -0.39 is 0 Å². The molecule has 1 aromatic carbocycles. The van der Waals surface area contributed by atoms with E-state index in [1.165, 1.54) is 0 Å². The zero-order valence-electron chi connectivity index (χ0n) is 14.1. The first-order valence-electron chi connectivity index (χ1n) is 7.53. The molecule has 6 nitrogen and oxygen atoms in total. The summed E-state index contributed by atoms with van der Waals surface area (Å²) in [6.45, 7) is 2.22. The lowest BCUT2D eigenvalue weighted by molar-refractivity contribution is 0.0923. The number of aryl methyl sites for hydroxylation is 1. The van der Waals surface area contributed by atoms with Crippen LogP contribution in [-0.4, -0.2) is 29.6 Å². The van der Waals surface area contributed by atoms with Crippen LogP contribution in [-0.2, 0) is 13.6 Å². The van der Waals surface area contributed by atoms with Crippen molar-refractivity contribution in [2.75, 3.05) is 19.0 Å². The van der Waals surface area contributed by atoms with Crippen LogP contribution in [0.1, 0.15) is 21.8 Å². The second kappa shape index (κ2) is 6.20. The summed E-state index contributed by atoms with van der Waals surface area (Å²) < 4.78 is 7.61. The Bertz CT molecular complexity index is 911. The van der Waals surface area contributed by atoms with Crippen LogP contribution in [0.3, 0.4) is 0 Å². The summed E-state index contributed by atoms with van der Waals surface area (Å²) in [4.78, 5) is 18.7. The Balaban J connectivity index is 1.79. The zero-order valence-corrected chi connectivity index (χ0v) is 14.8. The number of nitrogens with zero attached hydrogens (tertiary/aromatic N) is 3. The molecule has 24 heavy (non-hydrogen) atoms. The number of carbonyl (C=O) groups excluding carboxylic acids is 1. The Morgan fingerprint density at radius 3 is 2.83 bits per heavy atom. The van der Waals surface area contributed by atoms with Gasteiger partial charge < -0.3 is 19.2 Å². The lowest BCUT2D eigenvalue weighted by Crippen LogP contribution is -2.24. The number of carbonyl (C=O) groups is 1. The van der Waals surface area contributed by atoms with Crippen LogP contribution in [0.25, 0.3) is 11.0 Å². The van der Waals surface area contributed by atoms with Gasteiger partial charge in [0.25, 0.3) is 5.91 Å². The zero-order chi connectivity index (χ0) is 17.4. The predicted octanol–water partition coefficient (Wildman–Crippen LogP) is 3.12. The van der Waals surface area contributed by atoms with Gasteiger partial charge in [-0.2, -0.15) is 0 Å². The Morgan fingerprint density at radius 2 is 2.17 bits per heavy atom. The van der Waals surface area contributed by atoms with Crippen LogP contribution >= 0.6 is 11.6 Å². The van der Waals surface area contributed by atoms with E-state index in [0.717, 1.165) is 22.6 Å². The smallest absolute Gasteiger partial charge is 0.287 e. The number of nitrogens with one attached hydrogen (secondary N) is 1. The van der Waals surface area contributed by atoms with Crippen molar-refractivity contribution < 1.29 is 9.21 Å². The standard InChI is InChI=1S/C17H19ClN4O2/c1-10-13-7-11(18)5-6-14(13)24-15(10)16(23)19-8-12-9-20-17(21(2)3)22(12)4/h5-7,9H,8H2,1-4H3,(H,19,23). The molecule has 0 fully saturated rings. The molecular formula is C17H19ClN4O2. The molecule has 7 heteroatoms. The molecule has 126 valence electrons. The molecule has 0 saturated heterocycles. The third kappa shape index (κ3) is 2.85. The number of imidazole rings is 1. The molecule has 0 aliphatic rings. The quantitative estimate of drug-likeness (QED) is 0.788. The fraction of sp³-hybridized carbons (Fsp3) is 0.294. The fourth-order valence-corrected chi connectivity index (χ4v) is 2.85. The highest BCUT2D eigenvalue weighted by atomic mass is 35.5. The lowest BCUT2D eigenvalue weighted by Gasteiger charge is -2.12. The minimum atomic E-state index is -0.257. The van der Waals surface area contributed by atoms with Gasteiger partial charge in [0.1, 0.15) is 5.58 Å². The second-order valence-corrected chi connectivity index (χ2v) is 6.32. The summed E-state index contributed by atoms with van der Waals surface area (Å²) in [5, 5.41) is 4.35. The van der Waals surface area contributed by atoms with Gasteiger partial charge >= 0.3 is 0 Å². The first-order valence-corrected chi connectivity index (χ1v) is 7.91. The van der Waals surface area contributed by atoms with Crippen molar-refractivity contribution in [1.82, 2.24) is 14.9 Å². The van der Waals surface area contributed by atoms with Gasteiger partial charge in [-0.05, 0) is 25.1 Å². The van der Waals surface area contributed by atoms with E-state index in [0.29, 0.717) is 22.9 Å². The molecular weight excluding hydrogens is 328 g/mol. The molecule has 0 saturated carbocycles. The van der Waals surface area contributed by atoms with E-state index in [2.05, 4.69) is 10.3 Å². The van der Waals surface area contributed by atoms with Gasteiger partial charge in [0, 0.05) is 37.1 Å². The van der Waals surface area contributed by atoms with Crippen LogP contribution in [0.15, 0.2) is 28.8 Å². The molecule has 2 heterocycles. The summed E-state index contributed by atoms with van der Waals surface area (Å²) in [5.74, 6) is 0.878. The molecule has 0 unspecified atom stereocenters. The van der Waals surface area contributed by atoms with Crippen LogP contribution in [0.4, 0.5) is 5.95 Å². The summed E-state index contributed by atoms with van der Waals surface area (Å²) >= 11 is 6.01. The second-order valence-electron chi connectivity index (χ2n) is 5.88. The molecule has 0 radical (unpaired) electrons. The molecule has 1 N–H and O–H groups in total. The number of hydrogen-bond donors (Lipinski definition) is 1. The number of fused-ring (bicyclic) bond motifs is 1. The average molecular weight is 347 g/mol. The SMILES string of the molecule is Cc1c(C(=O)NCc2cnc(N(C)C)n2C)oc2ccc(Cl)cc12. The van der Waals surface area contributed by atoms with Crippen molar-refractivity contribution in [2.24, 2.45) is 7.05 Å². The summed E-state index contributed by atoms with van der Waals surface area (Å²) in [7, 11) is 5.76. The number of hydrogen-bond acceptors (Lipinski definition) is 4. The molecule has 2 aromatic heterocycles. The Morgan fingerprint density at radius 1 is 1.42 bits per heavy atom. The highest BCUT2D eigenvalue weighted by Crippen LogP contribution is 2.27.